The van der Waals surface area contributed by atoms with Crippen LogP contribution in [0.25, 0.3) is 22.4 Å². The molecule has 1 atom stereocenters. The van der Waals surface area contributed by atoms with Crippen LogP contribution in [0.5, 0.6) is 0 Å². The average molecular weight is 422 g/mol. The van der Waals surface area contributed by atoms with Gasteiger partial charge in [-0.3, -0.25) is 4.57 Å². The maximum absolute atomic E-state index is 6.45. The Bertz CT molecular complexity index is 1390. The van der Waals surface area contributed by atoms with Crippen molar-refractivity contribution in [2.75, 3.05) is 4.90 Å². The molecule has 0 saturated carbocycles. The van der Waals surface area contributed by atoms with Crippen molar-refractivity contribution in [3.05, 3.63) is 119 Å². The molecule has 6 rings (SSSR count). The van der Waals surface area contributed by atoms with E-state index in [1.807, 2.05) is 18.2 Å². The molecule has 1 aliphatic heterocycles. The molecule has 0 saturated heterocycles. The van der Waals surface area contributed by atoms with E-state index < -0.39 is 0 Å². The normalized spacial score (nSPS) is 15.0. The lowest BCUT2D eigenvalue weighted by molar-refractivity contribution is 0.543. The van der Waals surface area contributed by atoms with E-state index in [4.69, 9.17) is 16.6 Å². The van der Waals surface area contributed by atoms with Crippen LogP contribution in [0, 0.1) is 0 Å². The van der Waals surface area contributed by atoms with E-state index >= 15 is 0 Å². The lowest BCUT2D eigenvalue weighted by atomic mass is 10.0. The molecule has 0 radical (unpaired) electrons. The van der Waals surface area contributed by atoms with Gasteiger partial charge in [0.1, 0.15) is 12.0 Å². The van der Waals surface area contributed by atoms with Gasteiger partial charge in [0.25, 0.3) is 0 Å². The molecule has 2 heterocycles. The molecule has 3 nitrogen and oxygen atoms in total. The van der Waals surface area contributed by atoms with Gasteiger partial charge in [-0.1, -0.05) is 78.3 Å². The average Bonchev–Trinajstić information content (AvgIpc) is 3.20. The third-order valence-electron chi connectivity index (χ3n) is 5.93. The highest BCUT2D eigenvalue weighted by molar-refractivity contribution is 6.30. The number of benzene rings is 4. The molecule has 5 aromatic rings. The first-order chi connectivity index (χ1) is 15.3. The summed E-state index contributed by atoms with van der Waals surface area (Å²) >= 11 is 6.45. The number of nitrogens with zero attached hydrogens (tertiary/aromatic N) is 3. The van der Waals surface area contributed by atoms with Gasteiger partial charge in [0.05, 0.1) is 11.0 Å². The highest BCUT2D eigenvalue weighted by atomic mass is 35.5. The van der Waals surface area contributed by atoms with Gasteiger partial charge >= 0.3 is 0 Å². The molecule has 4 aromatic carbocycles. The minimum Gasteiger partial charge on any atom is -0.342 e. The topological polar surface area (TPSA) is 21.1 Å². The van der Waals surface area contributed by atoms with Crippen molar-refractivity contribution in [1.82, 2.24) is 9.55 Å². The Morgan fingerprint density at radius 1 is 0.774 bits per heavy atom. The molecule has 150 valence electrons. The Kier molecular flexibility index (Phi) is 4.29. The Morgan fingerprint density at radius 3 is 2.42 bits per heavy atom. The minimum absolute atomic E-state index is 0.0591. The SMILES string of the molecule is Clc1cccc([C@H]2N(Cc3ccccc3)c3ccccc3-c3nc4ccccc4n32)c1. The van der Waals surface area contributed by atoms with Crippen LogP contribution in [0.2, 0.25) is 5.02 Å². The molecule has 0 N–H and O–H groups in total. The molecular formula is C27H20ClN3. The fourth-order valence-corrected chi connectivity index (χ4v) is 4.81. The van der Waals surface area contributed by atoms with E-state index in [1.165, 1.54) is 11.3 Å². The number of hydrogen-bond acceptors (Lipinski definition) is 2. The summed E-state index contributed by atoms with van der Waals surface area (Å²) in [5.41, 5.74) is 6.85. The number of anilines is 1. The van der Waals surface area contributed by atoms with E-state index in [1.54, 1.807) is 0 Å². The molecule has 31 heavy (non-hydrogen) atoms. The Hall–Kier alpha value is -3.56. The van der Waals surface area contributed by atoms with Crippen molar-refractivity contribution in [3.63, 3.8) is 0 Å². The predicted molar refractivity (Wildman–Crippen MR) is 127 cm³/mol. The molecule has 1 aliphatic rings. The smallest absolute Gasteiger partial charge is 0.145 e. The standard InChI is InChI=1S/C27H20ClN3/c28-21-12-8-11-20(17-21)27-30(18-19-9-2-1-3-10-19)24-15-6-4-13-22(24)26-29-23-14-5-7-16-25(23)31(26)27/h1-17,27H,18H2/t27-/m0/s1. The highest BCUT2D eigenvalue weighted by Gasteiger charge is 2.34. The van der Waals surface area contributed by atoms with Gasteiger partial charge in [-0.2, -0.15) is 0 Å². The number of hydrogen-bond donors (Lipinski definition) is 0. The van der Waals surface area contributed by atoms with Gasteiger partial charge in [-0.25, -0.2) is 4.98 Å². The lowest BCUT2D eigenvalue weighted by Crippen LogP contribution is -2.36. The molecule has 0 spiro atoms. The quantitative estimate of drug-likeness (QED) is 0.315. The number of para-hydroxylation sites is 3. The monoisotopic (exact) mass is 421 g/mol. The van der Waals surface area contributed by atoms with Crippen LogP contribution >= 0.6 is 11.6 Å². The number of halogens is 1. The summed E-state index contributed by atoms with van der Waals surface area (Å²) in [6.07, 6.45) is -0.0591. The lowest BCUT2D eigenvalue weighted by Gasteiger charge is -2.40. The first-order valence-electron chi connectivity index (χ1n) is 10.4. The van der Waals surface area contributed by atoms with Gasteiger partial charge < -0.3 is 4.90 Å². The summed E-state index contributed by atoms with van der Waals surface area (Å²) in [7, 11) is 0. The maximum atomic E-state index is 6.45. The van der Waals surface area contributed by atoms with Gasteiger partial charge in [0, 0.05) is 22.8 Å². The molecule has 4 heteroatoms. The van der Waals surface area contributed by atoms with E-state index in [9.17, 15) is 0 Å². The molecular weight excluding hydrogens is 402 g/mol. The fourth-order valence-electron chi connectivity index (χ4n) is 4.61. The van der Waals surface area contributed by atoms with Gasteiger partial charge in [-0.15, -0.1) is 0 Å². The Balaban J connectivity index is 1.65. The summed E-state index contributed by atoms with van der Waals surface area (Å²) in [4.78, 5) is 7.49. The van der Waals surface area contributed by atoms with Crippen molar-refractivity contribution < 1.29 is 0 Å². The molecule has 1 aromatic heterocycles. The number of imidazole rings is 1. The maximum Gasteiger partial charge on any atom is 0.145 e. The van der Waals surface area contributed by atoms with Crippen LogP contribution in [0.1, 0.15) is 17.3 Å². The second-order valence-electron chi connectivity index (χ2n) is 7.85. The van der Waals surface area contributed by atoms with Crippen molar-refractivity contribution in [2.24, 2.45) is 0 Å². The van der Waals surface area contributed by atoms with Crippen LogP contribution in [0.15, 0.2) is 103 Å². The number of fused-ring (bicyclic) bond motifs is 5. The Labute approximate surface area is 186 Å². The van der Waals surface area contributed by atoms with Crippen molar-refractivity contribution in [1.29, 1.82) is 0 Å². The Morgan fingerprint density at radius 2 is 1.55 bits per heavy atom. The van der Waals surface area contributed by atoms with E-state index in [0.29, 0.717) is 0 Å². The van der Waals surface area contributed by atoms with Crippen LogP contribution in [-0.4, -0.2) is 9.55 Å². The van der Waals surface area contributed by atoms with E-state index in [2.05, 4.69) is 94.4 Å². The zero-order chi connectivity index (χ0) is 20.8. The summed E-state index contributed by atoms with van der Waals surface area (Å²) in [6, 6.07) is 35.7. The minimum atomic E-state index is -0.0591. The van der Waals surface area contributed by atoms with E-state index in [0.717, 1.165) is 39.6 Å². The van der Waals surface area contributed by atoms with Gasteiger partial charge in [-0.05, 0) is 47.5 Å². The van der Waals surface area contributed by atoms with Crippen LogP contribution in [0.4, 0.5) is 5.69 Å². The predicted octanol–water partition coefficient (Wildman–Crippen LogP) is 6.92. The highest BCUT2D eigenvalue weighted by Crippen LogP contribution is 2.45. The van der Waals surface area contributed by atoms with Crippen molar-refractivity contribution >= 4 is 28.3 Å². The molecule has 0 amide bonds. The number of aromatic nitrogens is 2. The third kappa shape index (κ3) is 3.01. The van der Waals surface area contributed by atoms with Crippen LogP contribution < -0.4 is 4.90 Å². The summed E-state index contributed by atoms with van der Waals surface area (Å²) in [5.74, 6) is 0.992. The fraction of sp³-hybridized carbons (Fsp3) is 0.0741. The molecule has 0 fully saturated rings. The van der Waals surface area contributed by atoms with Crippen molar-refractivity contribution in [2.45, 2.75) is 12.7 Å². The molecule has 0 bridgehead atoms. The third-order valence-corrected chi connectivity index (χ3v) is 6.17. The van der Waals surface area contributed by atoms with Crippen LogP contribution in [0.3, 0.4) is 0 Å². The summed E-state index contributed by atoms with van der Waals surface area (Å²) in [5, 5.41) is 0.738. The zero-order valence-corrected chi connectivity index (χ0v) is 17.6. The first kappa shape index (κ1) is 18.2. The second-order valence-corrected chi connectivity index (χ2v) is 8.29. The number of rotatable bonds is 3. The molecule has 0 aliphatic carbocycles. The summed E-state index contributed by atoms with van der Waals surface area (Å²) < 4.78 is 2.35. The second kappa shape index (κ2) is 7.29. The van der Waals surface area contributed by atoms with Gasteiger partial charge in [0.2, 0.25) is 0 Å². The summed E-state index contributed by atoms with van der Waals surface area (Å²) in [6.45, 7) is 0.779. The van der Waals surface area contributed by atoms with Crippen LogP contribution in [-0.2, 0) is 6.54 Å². The zero-order valence-electron chi connectivity index (χ0n) is 16.8. The first-order valence-corrected chi connectivity index (χ1v) is 10.8. The van der Waals surface area contributed by atoms with Crippen molar-refractivity contribution in [3.8, 4) is 11.4 Å². The van der Waals surface area contributed by atoms with E-state index in [-0.39, 0.29) is 6.17 Å². The largest absolute Gasteiger partial charge is 0.342 e. The van der Waals surface area contributed by atoms with Gasteiger partial charge in [0.15, 0.2) is 0 Å². The molecule has 0 unspecified atom stereocenters.